The second kappa shape index (κ2) is 10.8. The predicted molar refractivity (Wildman–Crippen MR) is 152 cm³/mol. The van der Waals surface area contributed by atoms with E-state index in [0.717, 1.165) is 53.4 Å². The molecule has 1 aromatic carbocycles. The fraction of sp³-hybridized carbons (Fsp3) is 0.607. The Balaban J connectivity index is 1.36. The molecule has 3 aliphatic rings. The van der Waals surface area contributed by atoms with Crippen LogP contribution in [0.2, 0.25) is 0 Å². The van der Waals surface area contributed by atoms with Gasteiger partial charge in [-0.25, -0.2) is 4.98 Å². The van der Waals surface area contributed by atoms with Gasteiger partial charge in [-0.05, 0) is 92.4 Å². The number of fused-ring (bicyclic) bond motifs is 5. The number of thiazole rings is 1. The molecule has 212 valence electrons. The summed E-state index contributed by atoms with van der Waals surface area (Å²) in [6, 6.07) is 5.74. The SMILES string of the molecule is CO/N=C1\CC(CCC(=O)Nc2ncc(C)s2)C2C3CCc4cc(OS(=O)(=O)N(C)C)ccc4C3CCC12C. The first-order chi connectivity index (χ1) is 18.5. The van der Waals surface area contributed by atoms with Crippen molar-refractivity contribution in [2.45, 2.75) is 64.7 Å². The normalized spacial score (nSPS) is 29.0. The van der Waals surface area contributed by atoms with Gasteiger partial charge < -0.3 is 14.3 Å². The number of carbonyl (C=O) groups is 1. The third kappa shape index (κ3) is 5.45. The fourth-order valence-electron chi connectivity index (χ4n) is 7.32. The minimum atomic E-state index is -3.80. The first-order valence-electron chi connectivity index (χ1n) is 13.6. The molecule has 2 aromatic rings. The molecule has 1 aromatic heterocycles. The van der Waals surface area contributed by atoms with Gasteiger partial charge in [0.25, 0.3) is 0 Å². The Bertz CT molecular complexity index is 1370. The number of oxime groups is 1. The van der Waals surface area contributed by atoms with E-state index in [4.69, 9.17) is 9.02 Å². The number of nitrogens with zero attached hydrogens (tertiary/aromatic N) is 3. The average Bonchev–Trinajstić information content (AvgIpc) is 3.42. The highest BCUT2D eigenvalue weighted by Gasteiger charge is 2.57. The van der Waals surface area contributed by atoms with Crippen LogP contribution in [0, 0.1) is 30.1 Å². The molecule has 1 amide bonds. The van der Waals surface area contributed by atoms with Gasteiger partial charge in [-0.15, -0.1) is 11.3 Å². The summed E-state index contributed by atoms with van der Waals surface area (Å²) in [6.07, 6.45) is 7.81. The lowest BCUT2D eigenvalue weighted by atomic mass is 9.54. The number of aryl methyl sites for hydroxylation is 2. The van der Waals surface area contributed by atoms with Gasteiger partial charge in [0.15, 0.2) is 5.13 Å². The number of hydrogen-bond donors (Lipinski definition) is 1. The minimum Gasteiger partial charge on any atom is -0.399 e. The van der Waals surface area contributed by atoms with Crippen LogP contribution in [0.3, 0.4) is 0 Å². The summed E-state index contributed by atoms with van der Waals surface area (Å²) < 4.78 is 30.9. The Morgan fingerprint density at radius 1 is 1.31 bits per heavy atom. The second-order valence-electron chi connectivity index (χ2n) is 11.5. The number of hydrogen-bond acceptors (Lipinski definition) is 8. The lowest BCUT2D eigenvalue weighted by Gasteiger charge is -2.50. The molecule has 3 aliphatic carbocycles. The highest BCUT2D eigenvalue weighted by molar-refractivity contribution is 7.84. The summed E-state index contributed by atoms with van der Waals surface area (Å²) in [5.41, 5.74) is 3.55. The van der Waals surface area contributed by atoms with Gasteiger partial charge in [-0.1, -0.05) is 18.1 Å². The van der Waals surface area contributed by atoms with Gasteiger partial charge in [0.1, 0.15) is 12.9 Å². The first-order valence-corrected chi connectivity index (χ1v) is 15.8. The average molecular weight is 575 g/mol. The molecule has 5 atom stereocenters. The van der Waals surface area contributed by atoms with Crippen molar-refractivity contribution in [2.24, 2.45) is 28.3 Å². The van der Waals surface area contributed by atoms with E-state index in [1.807, 2.05) is 13.0 Å². The van der Waals surface area contributed by atoms with Crippen LogP contribution in [0.5, 0.6) is 5.75 Å². The van der Waals surface area contributed by atoms with Gasteiger partial charge >= 0.3 is 10.3 Å². The maximum atomic E-state index is 12.8. The number of rotatable bonds is 8. The second-order valence-corrected chi connectivity index (χ2v) is 14.5. The summed E-state index contributed by atoms with van der Waals surface area (Å²) in [6.45, 7) is 4.31. The minimum absolute atomic E-state index is 0.00439. The van der Waals surface area contributed by atoms with Crippen LogP contribution in [-0.4, -0.2) is 50.5 Å². The summed E-state index contributed by atoms with van der Waals surface area (Å²) in [5, 5.41) is 8.11. The standard InChI is InChI=1S/C28H38N4O5S2/c1-17-16-29-27(38-17)30-25(33)11-7-19-15-24(31-36-5)28(2)13-12-22-21-10-8-20(37-39(34,35)32(3)4)14-18(21)6-9-23(22)26(19)28/h8,10,14,16,19,22-23,26H,6-7,9,11-13,15H2,1-5H3,(H,29,30,33)/b31-24+. The number of aromatic nitrogens is 1. The molecule has 39 heavy (non-hydrogen) atoms. The molecule has 5 rings (SSSR count). The topological polar surface area (TPSA) is 110 Å². The van der Waals surface area contributed by atoms with E-state index in [2.05, 4.69) is 28.4 Å². The van der Waals surface area contributed by atoms with E-state index in [-0.39, 0.29) is 11.3 Å². The Morgan fingerprint density at radius 3 is 2.79 bits per heavy atom. The van der Waals surface area contributed by atoms with Crippen molar-refractivity contribution in [3.63, 3.8) is 0 Å². The van der Waals surface area contributed by atoms with Gasteiger partial charge in [-0.2, -0.15) is 12.7 Å². The zero-order valence-corrected chi connectivity index (χ0v) is 24.9. The zero-order chi connectivity index (χ0) is 27.9. The van der Waals surface area contributed by atoms with Crippen LogP contribution in [0.4, 0.5) is 5.13 Å². The maximum absolute atomic E-state index is 12.8. The molecule has 2 fully saturated rings. The molecular formula is C28H38N4O5S2. The van der Waals surface area contributed by atoms with Crippen LogP contribution in [0.15, 0.2) is 29.6 Å². The number of carbonyl (C=O) groups excluding carboxylic acids is 1. The Labute approximate surface area is 235 Å². The third-order valence-electron chi connectivity index (χ3n) is 9.03. The summed E-state index contributed by atoms with van der Waals surface area (Å²) in [7, 11) is 0.729. The van der Waals surface area contributed by atoms with Crippen molar-refractivity contribution in [1.82, 2.24) is 9.29 Å². The van der Waals surface area contributed by atoms with Crippen molar-refractivity contribution < 1.29 is 22.2 Å². The largest absolute Gasteiger partial charge is 0.399 e. The lowest BCUT2D eigenvalue weighted by Crippen LogP contribution is -2.44. The van der Waals surface area contributed by atoms with E-state index < -0.39 is 10.3 Å². The van der Waals surface area contributed by atoms with Gasteiger partial charge in [-0.3, -0.25) is 4.79 Å². The van der Waals surface area contributed by atoms with Crippen LogP contribution >= 0.6 is 11.3 Å². The smallest absolute Gasteiger partial charge is 0.384 e. The molecule has 1 N–H and O–H groups in total. The molecule has 2 saturated carbocycles. The Kier molecular flexibility index (Phi) is 7.78. The van der Waals surface area contributed by atoms with E-state index in [9.17, 15) is 13.2 Å². The predicted octanol–water partition coefficient (Wildman–Crippen LogP) is 5.14. The maximum Gasteiger partial charge on any atom is 0.384 e. The Hall–Kier alpha value is -2.50. The van der Waals surface area contributed by atoms with Gasteiger partial charge in [0, 0.05) is 37.0 Å². The van der Waals surface area contributed by atoms with E-state index in [0.29, 0.717) is 41.0 Å². The molecular weight excluding hydrogens is 536 g/mol. The van der Waals surface area contributed by atoms with Crippen LogP contribution < -0.4 is 9.50 Å². The number of amides is 1. The van der Waals surface area contributed by atoms with E-state index >= 15 is 0 Å². The van der Waals surface area contributed by atoms with Crippen LogP contribution in [0.25, 0.3) is 0 Å². The monoisotopic (exact) mass is 574 g/mol. The summed E-state index contributed by atoms with van der Waals surface area (Å²) in [5.74, 6) is 1.96. The highest BCUT2D eigenvalue weighted by Crippen LogP contribution is 2.62. The molecule has 1 heterocycles. The lowest BCUT2D eigenvalue weighted by molar-refractivity contribution is -0.116. The molecule has 0 aliphatic heterocycles. The van der Waals surface area contributed by atoms with Crippen molar-refractivity contribution in [1.29, 1.82) is 0 Å². The summed E-state index contributed by atoms with van der Waals surface area (Å²) >= 11 is 1.49. The number of nitrogens with one attached hydrogen (secondary N) is 1. The molecule has 0 radical (unpaired) electrons. The van der Waals surface area contributed by atoms with Crippen molar-refractivity contribution in [3.05, 3.63) is 40.4 Å². The zero-order valence-electron chi connectivity index (χ0n) is 23.3. The van der Waals surface area contributed by atoms with Crippen molar-refractivity contribution in [2.75, 3.05) is 26.5 Å². The quantitative estimate of drug-likeness (QED) is 0.437. The summed E-state index contributed by atoms with van der Waals surface area (Å²) in [4.78, 5) is 23.4. The van der Waals surface area contributed by atoms with Crippen LogP contribution in [-0.2, 0) is 26.4 Å². The van der Waals surface area contributed by atoms with Crippen molar-refractivity contribution >= 4 is 38.4 Å². The highest BCUT2D eigenvalue weighted by atomic mass is 32.2. The van der Waals surface area contributed by atoms with E-state index in [1.54, 1.807) is 19.4 Å². The molecule has 0 bridgehead atoms. The third-order valence-corrected chi connectivity index (χ3v) is 11.2. The van der Waals surface area contributed by atoms with Gasteiger partial charge in [0.2, 0.25) is 5.91 Å². The van der Waals surface area contributed by atoms with Crippen molar-refractivity contribution in [3.8, 4) is 5.75 Å². The van der Waals surface area contributed by atoms with Gasteiger partial charge in [0.05, 0.1) is 5.71 Å². The fourth-order valence-corrected chi connectivity index (χ4v) is 8.49. The molecule has 5 unspecified atom stereocenters. The molecule has 0 spiro atoms. The number of benzene rings is 1. The number of anilines is 1. The molecule has 9 nitrogen and oxygen atoms in total. The Morgan fingerprint density at radius 2 is 2.10 bits per heavy atom. The van der Waals surface area contributed by atoms with E-state index in [1.165, 1.54) is 36.6 Å². The first kappa shape index (κ1) is 28.0. The molecule has 11 heteroatoms. The van der Waals surface area contributed by atoms with Crippen LogP contribution in [0.1, 0.15) is 67.4 Å². The molecule has 0 saturated heterocycles.